The molecule has 1 aromatic heterocycles. The Morgan fingerprint density at radius 2 is 2.22 bits per heavy atom. The highest BCUT2D eigenvalue weighted by molar-refractivity contribution is 7.99. The van der Waals surface area contributed by atoms with Crippen LogP contribution in [0.2, 0.25) is 0 Å². The van der Waals surface area contributed by atoms with Crippen LogP contribution in [0, 0.1) is 6.92 Å². The molecule has 1 aliphatic rings. The molecule has 1 aliphatic heterocycles. The summed E-state index contributed by atoms with van der Waals surface area (Å²) < 4.78 is 0. The Hall–Kier alpha value is -1.19. The number of hydrogen-bond donors (Lipinski definition) is 2. The van der Waals surface area contributed by atoms with Crippen LogP contribution in [0.25, 0.3) is 11.3 Å². The van der Waals surface area contributed by atoms with Crippen molar-refractivity contribution in [3.63, 3.8) is 0 Å². The van der Waals surface area contributed by atoms with Crippen molar-refractivity contribution in [2.75, 3.05) is 5.75 Å². The lowest BCUT2D eigenvalue weighted by Crippen LogP contribution is -1.98. The first kappa shape index (κ1) is 11.9. The van der Waals surface area contributed by atoms with E-state index in [0.29, 0.717) is 6.54 Å². The third-order valence-corrected chi connectivity index (χ3v) is 4.76. The molecule has 1 aromatic carbocycles. The molecule has 0 saturated carbocycles. The van der Waals surface area contributed by atoms with E-state index in [2.05, 4.69) is 36.2 Å². The maximum Gasteiger partial charge on any atom is 0.0459 e. The minimum absolute atomic E-state index is 0.600. The summed E-state index contributed by atoms with van der Waals surface area (Å²) in [5, 5.41) is 0. The summed E-state index contributed by atoms with van der Waals surface area (Å²) in [6.45, 7) is 2.68. The van der Waals surface area contributed by atoms with E-state index in [1.54, 1.807) is 0 Å². The van der Waals surface area contributed by atoms with E-state index in [1.807, 2.05) is 11.8 Å². The maximum absolute atomic E-state index is 5.73. The quantitative estimate of drug-likeness (QED) is 0.866. The lowest BCUT2D eigenvalue weighted by atomic mass is 10.0. The van der Waals surface area contributed by atoms with Crippen LogP contribution in [-0.2, 0) is 13.0 Å². The molecule has 18 heavy (non-hydrogen) atoms. The van der Waals surface area contributed by atoms with E-state index in [1.165, 1.54) is 51.6 Å². The van der Waals surface area contributed by atoms with E-state index in [4.69, 9.17) is 5.73 Å². The fourth-order valence-electron chi connectivity index (χ4n) is 2.50. The molecule has 0 aliphatic carbocycles. The molecule has 3 N–H and O–H groups in total. The van der Waals surface area contributed by atoms with Crippen molar-refractivity contribution in [1.82, 2.24) is 4.98 Å². The summed E-state index contributed by atoms with van der Waals surface area (Å²) in [7, 11) is 0. The summed E-state index contributed by atoms with van der Waals surface area (Å²) in [6, 6.07) is 8.97. The Morgan fingerprint density at radius 3 is 3.00 bits per heavy atom. The highest BCUT2D eigenvalue weighted by atomic mass is 32.2. The van der Waals surface area contributed by atoms with E-state index in [9.17, 15) is 0 Å². The van der Waals surface area contributed by atoms with Gasteiger partial charge in [0, 0.05) is 22.8 Å². The van der Waals surface area contributed by atoms with E-state index < -0.39 is 0 Å². The molecule has 0 unspecified atom stereocenters. The second-order valence-electron chi connectivity index (χ2n) is 4.81. The van der Waals surface area contributed by atoms with Crippen molar-refractivity contribution in [2.45, 2.75) is 31.2 Å². The van der Waals surface area contributed by atoms with Gasteiger partial charge in [-0.1, -0.05) is 6.07 Å². The number of fused-ring (bicyclic) bond motifs is 1. The number of benzene rings is 1. The SMILES string of the molecule is Cc1[nH]c(-c2ccc3c(c2)CCCS3)cc1CN. The topological polar surface area (TPSA) is 41.8 Å². The van der Waals surface area contributed by atoms with Crippen LogP contribution < -0.4 is 5.73 Å². The van der Waals surface area contributed by atoms with Crippen molar-refractivity contribution in [3.8, 4) is 11.3 Å². The van der Waals surface area contributed by atoms with Crippen molar-refractivity contribution < 1.29 is 0 Å². The summed E-state index contributed by atoms with van der Waals surface area (Å²) in [6.07, 6.45) is 2.50. The Labute approximate surface area is 112 Å². The van der Waals surface area contributed by atoms with Crippen LogP contribution in [-0.4, -0.2) is 10.7 Å². The molecule has 2 heterocycles. The Bertz CT molecular complexity index is 572. The number of nitrogens with two attached hydrogens (primary N) is 1. The molecule has 2 nitrogen and oxygen atoms in total. The van der Waals surface area contributed by atoms with Crippen LogP contribution in [0.4, 0.5) is 0 Å². The lowest BCUT2D eigenvalue weighted by molar-refractivity contribution is 0.890. The molecule has 94 valence electrons. The molecule has 3 rings (SSSR count). The third-order valence-electron chi connectivity index (χ3n) is 3.56. The Balaban J connectivity index is 2.00. The van der Waals surface area contributed by atoms with Gasteiger partial charge in [-0.15, -0.1) is 11.8 Å². The Morgan fingerprint density at radius 1 is 1.33 bits per heavy atom. The summed E-state index contributed by atoms with van der Waals surface area (Å²) in [4.78, 5) is 4.88. The molecule has 0 radical (unpaired) electrons. The first-order valence-electron chi connectivity index (χ1n) is 6.42. The molecule has 0 amide bonds. The first-order valence-corrected chi connectivity index (χ1v) is 7.41. The van der Waals surface area contributed by atoms with Gasteiger partial charge in [-0.2, -0.15) is 0 Å². The average molecular weight is 258 g/mol. The largest absolute Gasteiger partial charge is 0.358 e. The van der Waals surface area contributed by atoms with E-state index >= 15 is 0 Å². The molecular weight excluding hydrogens is 240 g/mol. The van der Waals surface area contributed by atoms with Crippen molar-refractivity contribution in [2.24, 2.45) is 5.73 Å². The van der Waals surface area contributed by atoms with Gasteiger partial charge in [-0.3, -0.25) is 0 Å². The summed E-state index contributed by atoms with van der Waals surface area (Å²) >= 11 is 1.98. The number of aromatic nitrogens is 1. The Kier molecular flexibility index (Phi) is 3.18. The standard InChI is InChI=1S/C15H18N2S/c1-10-13(9-16)8-14(17-10)11-4-5-15-12(7-11)3-2-6-18-15/h4-5,7-8,17H,2-3,6,9,16H2,1H3. The number of nitrogens with one attached hydrogen (secondary N) is 1. The number of H-pyrrole nitrogens is 1. The monoisotopic (exact) mass is 258 g/mol. The second kappa shape index (κ2) is 4.82. The van der Waals surface area contributed by atoms with Crippen molar-refractivity contribution in [3.05, 3.63) is 41.1 Å². The summed E-state index contributed by atoms with van der Waals surface area (Å²) in [5.41, 5.74) is 12.1. The highest BCUT2D eigenvalue weighted by Crippen LogP contribution is 2.33. The molecule has 2 aromatic rings. The fourth-order valence-corrected chi connectivity index (χ4v) is 3.52. The van der Waals surface area contributed by atoms with Crippen molar-refractivity contribution in [1.29, 1.82) is 0 Å². The minimum Gasteiger partial charge on any atom is -0.358 e. The predicted octanol–water partition coefficient (Wildman–Crippen LogP) is 3.49. The molecule has 0 saturated heterocycles. The van der Waals surface area contributed by atoms with Gasteiger partial charge < -0.3 is 10.7 Å². The number of hydrogen-bond acceptors (Lipinski definition) is 2. The van der Waals surface area contributed by atoms with Gasteiger partial charge in [0.2, 0.25) is 0 Å². The van der Waals surface area contributed by atoms with Gasteiger partial charge in [0.25, 0.3) is 0 Å². The first-order chi connectivity index (χ1) is 8.78. The van der Waals surface area contributed by atoms with Crippen LogP contribution in [0.15, 0.2) is 29.2 Å². The zero-order chi connectivity index (χ0) is 12.5. The number of aromatic amines is 1. The van der Waals surface area contributed by atoms with Gasteiger partial charge in [0.1, 0.15) is 0 Å². The van der Waals surface area contributed by atoms with Gasteiger partial charge >= 0.3 is 0 Å². The normalized spacial score (nSPS) is 14.6. The maximum atomic E-state index is 5.73. The molecular formula is C15H18N2S. The molecule has 0 fully saturated rings. The van der Waals surface area contributed by atoms with Crippen LogP contribution >= 0.6 is 11.8 Å². The molecule has 3 heteroatoms. The third kappa shape index (κ3) is 2.08. The van der Waals surface area contributed by atoms with E-state index in [-0.39, 0.29) is 0 Å². The zero-order valence-corrected chi connectivity index (χ0v) is 11.4. The van der Waals surface area contributed by atoms with E-state index in [0.717, 1.165) is 0 Å². The van der Waals surface area contributed by atoms with Gasteiger partial charge in [0.15, 0.2) is 0 Å². The number of thioether (sulfide) groups is 1. The van der Waals surface area contributed by atoms with Crippen LogP contribution in [0.1, 0.15) is 23.2 Å². The van der Waals surface area contributed by atoms with Crippen LogP contribution in [0.5, 0.6) is 0 Å². The molecule has 0 atom stereocenters. The second-order valence-corrected chi connectivity index (χ2v) is 5.95. The average Bonchev–Trinajstić information content (AvgIpc) is 2.79. The number of rotatable bonds is 2. The minimum atomic E-state index is 0.600. The fraction of sp³-hybridized carbons (Fsp3) is 0.333. The predicted molar refractivity (Wildman–Crippen MR) is 77.9 cm³/mol. The van der Waals surface area contributed by atoms with Gasteiger partial charge in [-0.05, 0) is 60.4 Å². The van der Waals surface area contributed by atoms with Gasteiger partial charge in [0.05, 0.1) is 0 Å². The summed E-state index contributed by atoms with van der Waals surface area (Å²) in [5.74, 6) is 1.26. The lowest BCUT2D eigenvalue weighted by Gasteiger charge is -2.15. The smallest absolute Gasteiger partial charge is 0.0459 e. The van der Waals surface area contributed by atoms with Crippen molar-refractivity contribution >= 4 is 11.8 Å². The highest BCUT2D eigenvalue weighted by Gasteiger charge is 2.12. The zero-order valence-electron chi connectivity index (χ0n) is 10.6. The molecule has 0 bridgehead atoms. The van der Waals surface area contributed by atoms with Gasteiger partial charge in [-0.25, -0.2) is 0 Å². The number of aryl methyl sites for hydroxylation is 2. The van der Waals surface area contributed by atoms with Crippen LogP contribution in [0.3, 0.4) is 0 Å². The molecule has 0 spiro atoms.